The molecular weight excluding hydrogens is 408 g/mol. The van der Waals surface area contributed by atoms with Crippen molar-refractivity contribution >= 4 is 23.4 Å². The minimum absolute atomic E-state index is 0.0765. The van der Waals surface area contributed by atoms with E-state index < -0.39 is 0 Å². The van der Waals surface area contributed by atoms with Gasteiger partial charge in [-0.15, -0.1) is 10.2 Å². The molecule has 1 amide bonds. The van der Waals surface area contributed by atoms with Gasteiger partial charge < -0.3 is 14.6 Å². The topological polar surface area (TPSA) is 69.0 Å². The Morgan fingerprint density at radius 3 is 2.42 bits per heavy atom. The molecule has 1 aromatic heterocycles. The molecule has 0 aliphatic rings. The largest absolute Gasteiger partial charge is 0.483 e. The summed E-state index contributed by atoms with van der Waals surface area (Å²) < 4.78 is 7.92. The van der Waals surface area contributed by atoms with Crippen LogP contribution in [-0.2, 0) is 11.8 Å². The zero-order valence-electron chi connectivity index (χ0n) is 19.0. The number of nitrogens with one attached hydrogen (secondary N) is 1. The van der Waals surface area contributed by atoms with E-state index in [1.54, 1.807) is 0 Å². The van der Waals surface area contributed by atoms with Gasteiger partial charge in [0.2, 0.25) is 5.91 Å². The van der Waals surface area contributed by atoms with E-state index in [9.17, 15) is 4.79 Å². The van der Waals surface area contributed by atoms with Gasteiger partial charge in [-0.1, -0.05) is 43.8 Å². The Morgan fingerprint density at radius 1 is 1.06 bits per heavy atom. The lowest BCUT2D eigenvalue weighted by Crippen LogP contribution is -2.15. The average molecular weight is 439 g/mol. The smallest absolute Gasteiger partial charge is 0.234 e. The predicted octanol–water partition coefficient (Wildman–Crippen LogP) is 5.43. The van der Waals surface area contributed by atoms with Gasteiger partial charge in [-0.05, 0) is 67.6 Å². The summed E-state index contributed by atoms with van der Waals surface area (Å²) in [5, 5.41) is 12.1. The molecule has 2 aromatic carbocycles. The molecule has 1 heterocycles. The lowest BCUT2D eigenvalue weighted by molar-refractivity contribution is -0.113. The first kappa shape index (κ1) is 22.9. The molecule has 1 atom stereocenters. The van der Waals surface area contributed by atoms with Crippen molar-refractivity contribution in [3.63, 3.8) is 0 Å². The normalized spacial score (nSPS) is 12.1. The number of anilines is 1. The summed E-state index contributed by atoms with van der Waals surface area (Å²) in [4.78, 5) is 12.3. The number of hydrogen-bond acceptors (Lipinski definition) is 5. The first-order valence-electron chi connectivity index (χ1n) is 10.4. The van der Waals surface area contributed by atoms with Crippen LogP contribution in [0.2, 0.25) is 0 Å². The van der Waals surface area contributed by atoms with Crippen LogP contribution in [0.1, 0.15) is 55.3 Å². The second kappa shape index (κ2) is 10.0. The monoisotopic (exact) mass is 438 g/mol. The lowest BCUT2D eigenvalue weighted by Gasteiger charge is -2.15. The van der Waals surface area contributed by atoms with Gasteiger partial charge in [0.05, 0.1) is 5.75 Å². The van der Waals surface area contributed by atoms with E-state index >= 15 is 0 Å². The number of amides is 1. The second-order valence-electron chi connectivity index (χ2n) is 8.02. The molecule has 3 aromatic rings. The van der Waals surface area contributed by atoms with Crippen LogP contribution in [0.3, 0.4) is 0 Å². The summed E-state index contributed by atoms with van der Waals surface area (Å²) in [6, 6.07) is 14.0. The standard InChI is InChI=1S/C24H30N4O2S/c1-15(2)19-8-11-21(12-9-19)30-18(5)23-26-27-24(28(23)6)31-14-22(29)25-20-10-7-16(3)17(4)13-20/h7-13,15,18H,14H2,1-6H3,(H,25,29). The maximum atomic E-state index is 12.3. The molecule has 0 saturated carbocycles. The third-order valence-corrected chi connectivity index (χ3v) is 6.24. The highest BCUT2D eigenvalue weighted by molar-refractivity contribution is 7.99. The zero-order valence-corrected chi connectivity index (χ0v) is 19.8. The Bertz CT molecular complexity index is 1040. The van der Waals surface area contributed by atoms with Crippen molar-refractivity contribution in [1.29, 1.82) is 0 Å². The Kier molecular flexibility index (Phi) is 7.38. The molecule has 31 heavy (non-hydrogen) atoms. The average Bonchev–Trinajstić information content (AvgIpc) is 3.10. The number of hydrogen-bond donors (Lipinski definition) is 1. The third-order valence-electron chi connectivity index (χ3n) is 5.21. The molecule has 0 saturated heterocycles. The summed E-state index contributed by atoms with van der Waals surface area (Å²) in [6.07, 6.45) is -0.263. The molecule has 0 bridgehead atoms. The van der Waals surface area contributed by atoms with Crippen molar-refractivity contribution in [2.45, 2.75) is 51.8 Å². The van der Waals surface area contributed by atoms with Crippen molar-refractivity contribution in [2.75, 3.05) is 11.1 Å². The van der Waals surface area contributed by atoms with Crippen LogP contribution in [-0.4, -0.2) is 26.4 Å². The Labute approximate surface area is 188 Å². The van der Waals surface area contributed by atoms with Gasteiger partial charge in [0.1, 0.15) is 5.75 Å². The van der Waals surface area contributed by atoms with Crippen molar-refractivity contribution in [2.24, 2.45) is 7.05 Å². The van der Waals surface area contributed by atoms with E-state index in [2.05, 4.69) is 41.5 Å². The highest BCUT2D eigenvalue weighted by atomic mass is 32.2. The number of rotatable bonds is 8. The number of aryl methyl sites for hydroxylation is 2. The first-order chi connectivity index (χ1) is 14.7. The van der Waals surface area contributed by atoms with E-state index in [4.69, 9.17) is 4.74 Å². The van der Waals surface area contributed by atoms with Crippen LogP contribution in [0.25, 0.3) is 0 Å². The zero-order chi connectivity index (χ0) is 22.5. The molecule has 164 valence electrons. The summed E-state index contributed by atoms with van der Waals surface area (Å²) in [5.41, 5.74) is 4.43. The minimum Gasteiger partial charge on any atom is -0.483 e. The van der Waals surface area contributed by atoms with Crippen LogP contribution in [0, 0.1) is 13.8 Å². The highest BCUT2D eigenvalue weighted by Gasteiger charge is 2.18. The molecule has 1 unspecified atom stereocenters. The number of aromatic nitrogens is 3. The third kappa shape index (κ3) is 5.88. The lowest BCUT2D eigenvalue weighted by atomic mass is 10.0. The number of thioether (sulfide) groups is 1. The van der Waals surface area contributed by atoms with Crippen molar-refractivity contribution in [1.82, 2.24) is 14.8 Å². The fourth-order valence-electron chi connectivity index (χ4n) is 3.14. The summed E-state index contributed by atoms with van der Waals surface area (Å²) in [7, 11) is 1.89. The van der Waals surface area contributed by atoms with E-state index in [1.165, 1.54) is 22.9 Å². The van der Waals surface area contributed by atoms with Gasteiger partial charge in [0, 0.05) is 12.7 Å². The fraction of sp³-hybridized carbons (Fsp3) is 0.375. The molecule has 7 heteroatoms. The number of carbonyl (C=O) groups is 1. The van der Waals surface area contributed by atoms with E-state index in [-0.39, 0.29) is 17.8 Å². The molecule has 0 radical (unpaired) electrons. The maximum absolute atomic E-state index is 12.3. The highest BCUT2D eigenvalue weighted by Crippen LogP contribution is 2.25. The SMILES string of the molecule is Cc1ccc(NC(=O)CSc2nnc(C(C)Oc3ccc(C(C)C)cc3)n2C)cc1C. The molecular formula is C24H30N4O2S. The van der Waals surface area contributed by atoms with Crippen LogP contribution in [0.4, 0.5) is 5.69 Å². The fourth-order valence-corrected chi connectivity index (χ4v) is 3.86. The van der Waals surface area contributed by atoms with Crippen molar-refractivity contribution < 1.29 is 9.53 Å². The Hall–Kier alpha value is -2.80. The number of nitrogens with zero attached hydrogens (tertiary/aromatic N) is 3. The molecule has 0 fully saturated rings. The van der Waals surface area contributed by atoms with E-state index in [1.807, 2.05) is 62.7 Å². The van der Waals surface area contributed by atoms with Gasteiger partial charge in [-0.3, -0.25) is 4.79 Å². The molecule has 0 aliphatic carbocycles. The summed E-state index contributed by atoms with van der Waals surface area (Å²) in [5.74, 6) is 2.17. The van der Waals surface area contributed by atoms with Crippen LogP contribution >= 0.6 is 11.8 Å². The summed E-state index contributed by atoms with van der Waals surface area (Å²) in [6.45, 7) is 10.4. The van der Waals surface area contributed by atoms with Gasteiger partial charge >= 0.3 is 0 Å². The van der Waals surface area contributed by atoms with Crippen LogP contribution in [0.5, 0.6) is 5.75 Å². The van der Waals surface area contributed by atoms with E-state index in [0.29, 0.717) is 16.9 Å². The summed E-state index contributed by atoms with van der Waals surface area (Å²) >= 11 is 1.35. The Balaban J connectivity index is 1.57. The van der Waals surface area contributed by atoms with Gasteiger partial charge in [0.15, 0.2) is 17.1 Å². The molecule has 6 nitrogen and oxygen atoms in total. The molecule has 1 N–H and O–H groups in total. The number of benzene rings is 2. The molecule has 3 rings (SSSR count). The molecule has 0 spiro atoms. The molecule has 0 aliphatic heterocycles. The van der Waals surface area contributed by atoms with Crippen molar-refractivity contribution in [3.05, 3.63) is 65.0 Å². The Morgan fingerprint density at radius 2 is 1.77 bits per heavy atom. The quantitative estimate of drug-likeness (QED) is 0.475. The van der Waals surface area contributed by atoms with Gasteiger partial charge in [0.25, 0.3) is 0 Å². The number of ether oxygens (including phenoxy) is 1. The first-order valence-corrected chi connectivity index (χ1v) is 11.4. The van der Waals surface area contributed by atoms with Crippen molar-refractivity contribution in [3.8, 4) is 5.75 Å². The van der Waals surface area contributed by atoms with Gasteiger partial charge in [-0.2, -0.15) is 0 Å². The predicted molar refractivity (Wildman–Crippen MR) is 126 cm³/mol. The van der Waals surface area contributed by atoms with Crippen LogP contribution in [0.15, 0.2) is 47.6 Å². The van der Waals surface area contributed by atoms with E-state index in [0.717, 1.165) is 17.0 Å². The number of carbonyl (C=O) groups excluding carboxylic acids is 1. The van der Waals surface area contributed by atoms with Gasteiger partial charge in [-0.25, -0.2) is 0 Å². The minimum atomic E-state index is -0.263. The maximum Gasteiger partial charge on any atom is 0.234 e. The second-order valence-corrected chi connectivity index (χ2v) is 8.96. The van der Waals surface area contributed by atoms with Crippen LogP contribution < -0.4 is 10.1 Å².